The number of imidazole rings is 1. The van der Waals surface area contributed by atoms with Crippen molar-refractivity contribution in [3.8, 4) is 0 Å². The lowest BCUT2D eigenvalue weighted by Gasteiger charge is -2.32. The first-order valence-corrected chi connectivity index (χ1v) is 7.41. The van der Waals surface area contributed by atoms with Crippen molar-refractivity contribution >= 4 is 28.6 Å². The highest BCUT2D eigenvalue weighted by Crippen LogP contribution is 2.25. The van der Waals surface area contributed by atoms with Crippen molar-refractivity contribution in [2.75, 3.05) is 32.0 Å². The van der Waals surface area contributed by atoms with Crippen LogP contribution < -0.4 is 5.73 Å². The highest BCUT2D eigenvalue weighted by Gasteiger charge is 2.22. The van der Waals surface area contributed by atoms with Gasteiger partial charge in [0.05, 0.1) is 35.3 Å². The largest absolute Gasteiger partial charge is 0.374 e. The molecule has 0 saturated carbocycles. The summed E-state index contributed by atoms with van der Waals surface area (Å²) in [4.78, 5) is 6.56. The van der Waals surface area contributed by atoms with Gasteiger partial charge < -0.3 is 15.0 Å². The maximum absolute atomic E-state index is 13.7. The standard InChI is InChI=1S/C14H18ClFN4O/c1-2-19-3-4-21-9(7-19)8-20-13-6-11(16)10(15)5-12(13)18-14(20)17/h5-6,9H,2-4,7-8H2,1H3,(H2,17,18). The molecule has 1 aliphatic rings. The summed E-state index contributed by atoms with van der Waals surface area (Å²) in [7, 11) is 0. The van der Waals surface area contributed by atoms with Gasteiger partial charge in [-0.2, -0.15) is 0 Å². The van der Waals surface area contributed by atoms with Crippen LogP contribution in [-0.2, 0) is 11.3 Å². The number of halogens is 2. The van der Waals surface area contributed by atoms with Crippen molar-refractivity contribution in [3.05, 3.63) is 23.0 Å². The zero-order valence-electron chi connectivity index (χ0n) is 11.9. The fourth-order valence-electron chi connectivity index (χ4n) is 2.71. The Balaban J connectivity index is 1.89. The zero-order chi connectivity index (χ0) is 15.0. The molecule has 0 bridgehead atoms. The van der Waals surface area contributed by atoms with Crippen LogP contribution in [0.5, 0.6) is 0 Å². The molecule has 1 saturated heterocycles. The van der Waals surface area contributed by atoms with Gasteiger partial charge >= 0.3 is 0 Å². The third kappa shape index (κ3) is 2.84. The molecule has 1 aromatic carbocycles. The molecule has 7 heteroatoms. The normalized spacial score (nSPS) is 20.2. The maximum Gasteiger partial charge on any atom is 0.201 e. The van der Waals surface area contributed by atoms with Gasteiger partial charge in [0.2, 0.25) is 5.95 Å². The van der Waals surface area contributed by atoms with Gasteiger partial charge in [-0.1, -0.05) is 18.5 Å². The number of rotatable bonds is 3. The summed E-state index contributed by atoms with van der Waals surface area (Å²) in [6, 6.07) is 2.88. The molecule has 2 heterocycles. The van der Waals surface area contributed by atoms with E-state index in [9.17, 15) is 4.39 Å². The third-order valence-electron chi connectivity index (χ3n) is 3.88. The Kier molecular flexibility index (Phi) is 4.01. The second-order valence-electron chi connectivity index (χ2n) is 5.22. The quantitative estimate of drug-likeness (QED) is 0.943. The molecule has 1 unspecified atom stereocenters. The minimum Gasteiger partial charge on any atom is -0.374 e. The number of morpholine rings is 1. The average molecular weight is 313 g/mol. The van der Waals surface area contributed by atoms with E-state index < -0.39 is 5.82 Å². The first-order valence-electron chi connectivity index (χ1n) is 7.03. The fraction of sp³-hybridized carbons (Fsp3) is 0.500. The van der Waals surface area contributed by atoms with E-state index in [-0.39, 0.29) is 11.1 Å². The second-order valence-corrected chi connectivity index (χ2v) is 5.63. The van der Waals surface area contributed by atoms with Crippen molar-refractivity contribution < 1.29 is 9.13 Å². The first kappa shape index (κ1) is 14.6. The molecule has 0 radical (unpaired) electrons. The van der Waals surface area contributed by atoms with E-state index in [4.69, 9.17) is 22.1 Å². The van der Waals surface area contributed by atoms with Crippen molar-refractivity contribution in [2.24, 2.45) is 0 Å². The molecule has 3 rings (SSSR count). The van der Waals surface area contributed by atoms with Gasteiger partial charge in [0.25, 0.3) is 0 Å². The van der Waals surface area contributed by atoms with Gasteiger partial charge in [-0.15, -0.1) is 0 Å². The smallest absolute Gasteiger partial charge is 0.201 e. The predicted molar refractivity (Wildman–Crippen MR) is 81.0 cm³/mol. The molecular formula is C14H18ClFN4O. The van der Waals surface area contributed by atoms with Gasteiger partial charge in [0.1, 0.15) is 5.82 Å². The van der Waals surface area contributed by atoms with E-state index in [0.29, 0.717) is 30.1 Å². The Bertz CT molecular complexity index is 660. The molecule has 0 spiro atoms. The van der Waals surface area contributed by atoms with Crippen LogP contribution in [0.4, 0.5) is 10.3 Å². The summed E-state index contributed by atoms with van der Waals surface area (Å²) in [6.45, 7) is 6.15. The van der Waals surface area contributed by atoms with Crippen molar-refractivity contribution in [3.63, 3.8) is 0 Å². The Labute approximate surface area is 127 Å². The number of fused-ring (bicyclic) bond motifs is 1. The number of anilines is 1. The highest BCUT2D eigenvalue weighted by atomic mass is 35.5. The minimum atomic E-state index is -0.468. The predicted octanol–water partition coefficient (Wildman–Crippen LogP) is 2.13. The molecule has 21 heavy (non-hydrogen) atoms. The average Bonchev–Trinajstić information content (AvgIpc) is 2.76. The van der Waals surface area contributed by atoms with Crippen LogP contribution in [0, 0.1) is 5.82 Å². The maximum atomic E-state index is 13.7. The lowest BCUT2D eigenvalue weighted by atomic mass is 10.2. The monoisotopic (exact) mass is 312 g/mol. The van der Waals surface area contributed by atoms with E-state index in [1.165, 1.54) is 12.1 Å². The number of nitrogens with two attached hydrogens (primary N) is 1. The molecule has 1 aromatic heterocycles. The Morgan fingerprint density at radius 3 is 3.10 bits per heavy atom. The molecule has 2 N–H and O–H groups in total. The van der Waals surface area contributed by atoms with Crippen LogP contribution in [0.1, 0.15) is 6.92 Å². The summed E-state index contributed by atoms with van der Waals surface area (Å²) in [5.74, 6) is -0.117. The number of ether oxygens (including phenoxy) is 1. The molecule has 114 valence electrons. The van der Waals surface area contributed by atoms with Crippen LogP contribution in [0.3, 0.4) is 0 Å². The zero-order valence-corrected chi connectivity index (χ0v) is 12.6. The Morgan fingerprint density at radius 1 is 1.52 bits per heavy atom. The summed E-state index contributed by atoms with van der Waals surface area (Å²) in [6.07, 6.45) is 0.0251. The number of nitrogen functional groups attached to an aromatic ring is 1. The second kappa shape index (κ2) is 5.79. The minimum absolute atomic E-state index is 0.0251. The van der Waals surface area contributed by atoms with Crippen molar-refractivity contribution in [2.45, 2.75) is 19.6 Å². The summed E-state index contributed by atoms with van der Waals surface area (Å²) in [5.41, 5.74) is 7.20. The van der Waals surface area contributed by atoms with Crippen LogP contribution in [-0.4, -0.2) is 46.8 Å². The van der Waals surface area contributed by atoms with Gasteiger partial charge in [-0.25, -0.2) is 9.37 Å². The van der Waals surface area contributed by atoms with Gasteiger partial charge in [0.15, 0.2) is 0 Å². The van der Waals surface area contributed by atoms with Gasteiger partial charge in [0, 0.05) is 19.2 Å². The molecule has 5 nitrogen and oxygen atoms in total. The van der Waals surface area contributed by atoms with Crippen LogP contribution in [0.2, 0.25) is 5.02 Å². The van der Waals surface area contributed by atoms with E-state index in [2.05, 4.69) is 16.8 Å². The Morgan fingerprint density at radius 2 is 2.33 bits per heavy atom. The highest BCUT2D eigenvalue weighted by molar-refractivity contribution is 6.31. The molecule has 1 atom stereocenters. The number of nitrogens with zero attached hydrogens (tertiary/aromatic N) is 3. The molecule has 1 aliphatic heterocycles. The van der Waals surface area contributed by atoms with Crippen molar-refractivity contribution in [1.29, 1.82) is 0 Å². The van der Waals surface area contributed by atoms with Crippen molar-refractivity contribution in [1.82, 2.24) is 14.5 Å². The van der Waals surface area contributed by atoms with E-state index in [1.807, 2.05) is 0 Å². The SMILES string of the molecule is CCN1CCOC(Cn2c(N)nc3cc(Cl)c(F)cc32)C1. The summed E-state index contributed by atoms with van der Waals surface area (Å²) < 4.78 is 21.2. The molecule has 0 amide bonds. The fourth-order valence-corrected chi connectivity index (χ4v) is 2.87. The van der Waals surface area contributed by atoms with Crippen LogP contribution >= 0.6 is 11.6 Å². The number of likely N-dealkylation sites (N-methyl/N-ethyl adjacent to an activating group) is 1. The van der Waals surface area contributed by atoms with Crippen LogP contribution in [0.15, 0.2) is 12.1 Å². The summed E-state index contributed by atoms with van der Waals surface area (Å²) >= 11 is 5.78. The van der Waals surface area contributed by atoms with Crippen LogP contribution in [0.25, 0.3) is 11.0 Å². The van der Waals surface area contributed by atoms with Gasteiger partial charge in [-0.05, 0) is 12.6 Å². The van der Waals surface area contributed by atoms with E-state index in [1.54, 1.807) is 4.57 Å². The number of aromatic nitrogens is 2. The molecule has 2 aromatic rings. The Hall–Kier alpha value is -1.37. The topological polar surface area (TPSA) is 56.3 Å². The number of hydrogen-bond donors (Lipinski definition) is 1. The third-order valence-corrected chi connectivity index (χ3v) is 4.17. The molecule has 1 fully saturated rings. The first-order chi connectivity index (χ1) is 10.1. The lowest BCUT2D eigenvalue weighted by Crippen LogP contribution is -2.44. The van der Waals surface area contributed by atoms with E-state index in [0.717, 1.165) is 19.6 Å². The number of hydrogen-bond acceptors (Lipinski definition) is 4. The number of benzene rings is 1. The summed E-state index contributed by atoms with van der Waals surface area (Å²) in [5, 5.41) is 0.0539. The lowest BCUT2D eigenvalue weighted by molar-refractivity contribution is -0.0335. The van der Waals surface area contributed by atoms with E-state index >= 15 is 0 Å². The molecular weight excluding hydrogens is 295 g/mol. The van der Waals surface area contributed by atoms with Gasteiger partial charge in [-0.3, -0.25) is 4.90 Å². The molecule has 0 aliphatic carbocycles.